The first-order valence-electron chi connectivity index (χ1n) is 10.5. The van der Waals surface area contributed by atoms with Crippen LogP contribution in [0.1, 0.15) is 25.8 Å². The van der Waals surface area contributed by atoms with E-state index in [9.17, 15) is 18.0 Å². The molecule has 7 nitrogen and oxygen atoms in total. The van der Waals surface area contributed by atoms with Crippen molar-refractivity contribution in [1.29, 1.82) is 0 Å². The summed E-state index contributed by atoms with van der Waals surface area (Å²) in [4.78, 5) is 27.6. The first-order chi connectivity index (χ1) is 15.2. The molecule has 1 N–H and O–H groups in total. The van der Waals surface area contributed by atoms with Gasteiger partial charge in [0.05, 0.1) is 11.9 Å². The lowest BCUT2D eigenvalue weighted by Crippen LogP contribution is -2.53. The molecule has 0 heterocycles. The van der Waals surface area contributed by atoms with E-state index in [1.54, 1.807) is 24.3 Å². The quantitative estimate of drug-likeness (QED) is 0.421. The number of halogens is 1. The number of likely N-dealkylation sites (N-methyl/N-ethyl adjacent to an activating group) is 1. The molecule has 0 saturated heterocycles. The van der Waals surface area contributed by atoms with Crippen LogP contribution in [0.4, 0.5) is 5.69 Å². The fraction of sp³-hybridized carbons (Fsp3) is 0.391. The van der Waals surface area contributed by atoms with E-state index in [0.29, 0.717) is 31.6 Å². The predicted octanol–water partition coefficient (Wildman–Crippen LogP) is 3.04. The molecule has 1 atom stereocenters. The average molecular weight is 571 g/mol. The lowest BCUT2D eigenvalue weighted by molar-refractivity contribution is -0.139. The number of carbonyl (C=O) groups is 2. The molecule has 0 bridgehead atoms. The monoisotopic (exact) mass is 571 g/mol. The van der Waals surface area contributed by atoms with Crippen LogP contribution < -0.4 is 9.62 Å². The van der Waals surface area contributed by atoms with E-state index < -0.39 is 22.0 Å². The topological polar surface area (TPSA) is 86.8 Å². The minimum absolute atomic E-state index is 0.239. The zero-order valence-corrected chi connectivity index (χ0v) is 21.6. The number of anilines is 1. The van der Waals surface area contributed by atoms with Gasteiger partial charge in [0.15, 0.2) is 0 Å². The first-order valence-corrected chi connectivity index (χ1v) is 13.4. The number of benzene rings is 2. The first kappa shape index (κ1) is 26.1. The van der Waals surface area contributed by atoms with Crippen molar-refractivity contribution < 1.29 is 18.0 Å². The number of hydrogen-bond donors (Lipinski definition) is 1. The van der Waals surface area contributed by atoms with E-state index in [2.05, 4.69) is 27.9 Å². The summed E-state index contributed by atoms with van der Waals surface area (Å²) in [5.74, 6) is -0.653. The third-order valence-electron chi connectivity index (χ3n) is 5.01. The Morgan fingerprint density at radius 1 is 1.03 bits per heavy atom. The van der Waals surface area contributed by atoms with Crippen LogP contribution >= 0.6 is 22.6 Å². The molecule has 0 radical (unpaired) electrons. The number of rotatable bonds is 11. The van der Waals surface area contributed by atoms with Gasteiger partial charge in [-0.15, -0.1) is 0 Å². The van der Waals surface area contributed by atoms with Gasteiger partial charge < -0.3 is 10.2 Å². The molecule has 0 aliphatic heterocycles. The highest BCUT2D eigenvalue weighted by molar-refractivity contribution is 14.1. The van der Waals surface area contributed by atoms with E-state index in [1.807, 2.05) is 44.2 Å². The lowest BCUT2D eigenvalue weighted by Gasteiger charge is -2.32. The van der Waals surface area contributed by atoms with Crippen molar-refractivity contribution in [1.82, 2.24) is 10.2 Å². The van der Waals surface area contributed by atoms with Crippen molar-refractivity contribution in [3.8, 4) is 0 Å². The van der Waals surface area contributed by atoms with Crippen LogP contribution in [0.5, 0.6) is 0 Å². The molecule has 0 spiro atoms. The van der Waals surface area contributed by atoms with Gasteiger partial charge in [0.2, 0.25) is 21.8 Å². The van der Waals surface area contributed by atoms with Gasteiger partial charge in [-0.1, -0.05) is 37.3 Å². The lowest BCUT2D eigenvalue weighted by atomic mass is 10.1. The van der Waals surface area contributed by atoms with Gasteiger partial charge in [-0.3, -0.25) is 13.9 Å². The number of nitrogens with one attached hydrogen (secondary N) is 1. The van der Waals surface area contributed by atoms with Gasteiger partial charge in [0, 0.05) is 16.7 Å². The molecule has 9 heteroatoms. The zero-order chi connectivity index (χ0) is 23.7. The molecule has 0 unspecified atom stereocenters. The highest BCUT2D eigenvalue weighted by Gasteiger charge is 2.31. The SMILES string of the molecule is CCNC(=O)[C@@H](CC)N(CCc1ccccc1)C(=O)CN(c1ccc(I)cc1)S(C)(=O)=O. The van der Waals surface area contributed by atoms with E-state index in [4.69, 9.17) is 0 Å². The minimum atomic E-state index is -3.71. The van der Waals surface area contributed by atoms with Crippen molar-refractivity contribution >= 4 is 50.1 Å². The molecule has 32 heavy (non-hydrogen) atoms. The second-order valence-electron chi connectivity index (χ2n) is 7.39. The molecule has 0 fully saturated rings. The summed E-state index contributed by atoms with van der Waals surface area (Å²) in [5.41, 5.74) is 1.45. The van der Waals surface area contributed by atoms with Crippen molar-refractivity contribution in [2.75, 3.05) is 30.2 Å². The van der Waals surface area contributed by atoms with Crippen molar-refractivity contribution in [3.63, 3.8) is 0 Å². The molecule has 0 aromatic heterocycles. The molecule has 0 saturated carbocycles. The fourth-order valence-corrected chi connectivity index (χ4v) is 4.62. The van der Waals surface area contributed by atoms with E-state index >= 15 is 0 Å². The largest absolute Gasteiger partial charge is 0.355 e. The highest BCUT2D eigenvalue weighted by atomic mass is 127. The minimum Gasteiger partial charge on any atom is -0.355 e. The Kier molecular flexibility index (Phi) is 9.95. The second-order valence-corrected chi connectivity index (χ2v) is 10.5. The van der Waals surface area contributed by atoms with E-state index in [0.717, 1.165) is 19.7 Å². The smallest absolute Gasteiger partial charge is 0.244 e. The highest BCUT2D eigenvalue weighted by Crippen LogP contribution is 2.20. The average Bonchev–Trinajstić information content (AvgIpc) is 2.75. The third-order valence-corrected chi connectivity index (χ3v) is 6.87. The van der Waals surface area contributed by atoms with Crippen LogP contribution in [0.15, 0.2) is 54.6 Å². The van der Waals surface area contributed by atoms with E-state index in [-0.39, 0.29) is 12.5 Å². The van der Waals surface area contributed by atoms with Crippen LogP contribution in [0.25, 0.3) is 0 Å². The molecule has 2 rings (SSSR count). The molecule has 2 aromatic rings. The van der Waals surface area contributed by atoms with Crippen LogP contribution in [0.2, 0.25) is 0 Å². The second kappa shape index (κ2) is 12.2. The predicted molar refractivity (Wildman–Crippen MR) is 136 cm³/mol. The molecular formula is C23H30IN3O4S. The molecule has 2 amide bonds. The summed E-state index contributed by atoms with van der Waals surface area (Å²) in [6, 6.07) is 15.9. The van der Waals surface area contributed by atoms with Crippen molar-refractivity contribution in [3.05, 3.63) is 63.7 Å². The maximum atomic E-state index is 13.4. The Hall–Kier alpha value is -2.14. The number of hydrogen-bond acceptors (Lipinski definition) is 4. The normalized spacial score (nSPS) is 12.1. The molecule has 0 aliphatic carbocycles. The zero-order valence-electron chi connectivity index (χ0n) is 18.6. The van der Waals surface area contributed by atoms with Gasteiger partial charge in [-0.05, 0) is 72.2 Å². The Bertz CT molecular complexity index is 998. The van der Waals surface area contributed by atoms with Crippen LogP contribution in [0, 0.1) is 3.57 Å². The Labute approximate surface area is 204 Å². The fourth-order valence-electron chi connectivity index (χ4n) is 3.41. The Morgan fingerprint density at radius 3 is 2.19 bits per heavy atom. The molecular weight excluding hydrogens is 541 g/mol. The summed E-state index contributed by atoms with van der Waals surface area (Å²) in [5, 5.41) is 2.79. The van der Waals surface area contributed by atoms with Gasteiger partial charge in [-0.2, -0.15) is 0 Å². The summed E-state index contributed by atoms with van der Waals surface area (Å²) in [6.45, 7) is 4.06. The number of nitrogens with zero attached hydrogens (tertiary/aromatic N) is 2. The molecule has 0 aliphatic rings. The standard InChI is InChI=1S/C23H30IN3O4S/c1-4-21(23(29)25-5-2)26(16-15-18-9-7-6-8-10-18)22(28)17-27(32(3,30)31)20-13-11-19(24)12-14-20/h6-14,21H,4-5,15-17H2,1-3H3,(H,25,29)/t21-/m1/s1. The third kappa shape index (κ3) is 7.47. The van der Waals surface area contributed by atoms with Crippen molar-refractivity contribution in [2.45, 2.75) is 32.7 Å². The number of amides is 2. The number of sulfonamides is 1. The van der Waals surface area contributed by atoms with Gasteiger partial charge in [0.25, 0.3) is 0 Å². The van der Waals surface area contributed by atoms with Crippen LogP contribution in [-0.4, -0.2) is 57.1 Å². The van der Waals surface area contributed by atoms with E-state index in [1.165, 1.54) is 4.90 Å². The van der Waals surface area contributed by atoms with Crippen molar-refractivity contribution in [2.24, 2.45) is 0 Å². The van der Waals surface area contributed by atoms with Gasteiger partial charge in [0.1, 0.15) is 12.6 Å². The molecule has 2 aromatic carbocycles. The summed E-state index contributed by atoms with van der Waals surface area (Å²) in [6.07, 6.45) is 2.06. The summed E-state index contributed by atoms with van der Waals surface area (Å²) >= 11 is 2.13. The number of carbonyl (C=O) groups excluding carboxylic acids is 2. The summed E-state index contributed by atoms with van der Waals surface area (Å²) in [7, 11) is -3.71. The Balaban J connectivity index is 2.33. The maximum absolute atomic E-state index is 13.4. The van der Waals surface area contributed by atoms with Crippen LogP contribution in [0.3, 0.4) is 0 Å². The molecule has 174 valence electrons. The maximum Gasteiger partial charge on any atom is 0.244 e. The van der Waals surface area contributed by atoms with Gasteiger partial charge in [-0.25, -0.2) is 8.42 Å². The Morgan fingerprint density at radius 2 is 1.66 bits per heavy atom. The van der Waals surface area contributed by atoms with Gasteiger partial charge >= 0.3 is 0 Å². The summed E-state index contributed by atoms with van der Waals surface area (Å²) < 4.78 is 27.1. The van der Waals surface area contributed by atoms with Crippen LogP contribution in [-0.2, 0) is 26.0 Å².